The molecule has 2 rings (SSSR count). The van der Waals surface area contributed by atoms with Crippen LogP contribution in [-0.4, -0.2) is 49.8 Å². The largest absolute Gasteiger partial charge is 0.377 e. The Balaban J connectivity index is 1.78. The fourth-order valence-electron chi connectivity index (χ4n) is 2.94. The first-order chi connectivity index (χ1) is 8.25. The van der Waals surface area contributed by atoms with Gasteiger partial charge in [0.25, 0.3) is 0 Å². The van der Waals surface area contributed by atoms with Crippen LogP contribution in [0.2, 0.25) is 0 Å². The van der Waals surface area contributed by atoms with E-state index >= 15 is 0 Å². The first kappa shape index (κ1) is 13.3. The zero-order valence-electron chi connectivity index (χ0n) is 11.5. The summed E-state index contributed by atoms with van der Waals surface area (Å²) in [6.45, 7) is 10.4. The van der Waals surface area contributed by atoms with Crippen molar-refractivity contribution in [1.29, 1.82) is 0 Å². The van der Waals surface area contributed by atoms with Crippen LogP contribution in [0.15, 0.2) is 0 Å². The van der Waals surface area contributed by atoms with E-state index < -0.39 is 0 Å². The molecule has 0 spiro atoms. The van der Waals surface area contributed by atoms with Crippen LogP contribution in [0.3, 0.4) is 0 Å². The van der Waals surface area contributed by atoms with Gasteiger partial charge >= 0.3 is 0 Å². The molecule has 0 aliphatic carbocycles. The number of nitrogens with zero attached hydrogens (tertiary/aromatic N) is 1. The highest BCUT2D eigenvalue weighted by molar-refractivity contribution is 4.77. The van der Waals surface area contributed by atoms with Gasteiger partial charge in [0.05, 0.1) is 6.10 Å². The smallest absolute Gasteiger partial charge is 0.0702 e. The molecule has 2 aliphatic heterocycles. The molecule has 3 nitrogen and oxygen atoms in total. The van der Waals surface area contributed by atoms with Crippen molar-refractivity contribution < 1.29 is 4.74 Å². The maximum atomic E-state index is 5.77. The van der Waals surface area contributed by atoms with Gasteiger partial charge in [0.15, 0.2) is 0 Å². The minimum Gasteiger partial charge on any atom is -0.377 e. The van der Waals surface area contributed by atoms with Gasteiger partial charge in [0, 0.05) is 25.7 Å². The average molecular weight is 240 g/mol. The van der Waals surface area contributed by atoms with Gasteiger partial charge in [-0.25, -0.2) is 0 Å². The summed E-state index contributed by atoms with van der Waals surface area (Å²) in [6.07, 6.45) is 5.70. The second kappa shape index (κ2) is 6.72. The zero-order chi connectivity index (χ0) is 12.1. The second-order valence-electron chi connectivity index (χ2n) is 5.88. The monoisotopic (exact) mass is 240 g/mol. The Bertz CT molecular complexity index is 208. The van der Waals surface area contributed by atoms with Crippen LogP contribution in [0, 0.1) is 5.92 Å². The molecule has 1 atom stereocenters. The highest BCUT2D eigenvalue weighted by Gasteiger charge is 2.23. The van der Waals surface area contributed by atoms with Crippen LogP contribution in [0.5, 0.6) is 0 Å². The van der Waals surface area contributed by atoms with Gasteiger partial charge in [-0.3, -0.25) is 4.90 Å². The Kier molecular flexibility index (Phi) is 5.26. The van der Waals surface area contributed by atoms with Crippen molar-refractivity contribution in [2.45, 2.75) is 51.7 Å². The Morgan fingerprint density at radius 3 is 2.53 bits per heavy atom. The van der Waals surface area contributed by atoms with Crippen molar-refractivity contribution in [3.05, 3.63) is 0 Å². The van der Waals surface area contributed by atoms with Gasteiger partial charge in [-0.2, -0.15) is 0 Å². The summed E-state index contributed by atoms with van der Waals surface area (Å²) in [7, 11) is 0. The van der Waals surface area contributed by atoms with Crippen LogP contribution in [0.1, 0.15) is 39.5 Å². The Morgan fingerprint density at radius 2 is 1.94 bits per heavy atom. The minimum absolute atomic E-state index is 0.499. The first-order valence-electron chi connectivity index (χ1n) is 7.32. The van der Waals surface area contributed by atoms with E-state index in [-0.39, 0.29) is 0 Å². The van der Waals surface area contributed by atoms with Crippen LogP contribution in [0.4, 0.5) is 0 Å². The molecule has 0 bridgehead atoms. The van der Waals surface area contributed by atoms with E-state index in [4.69, 9.17) is 4.74 Å². The lowest BCUT2D eigenvalue weighted by Crippen LogP contribution is -2.42. The molecule has 2 aliphatic rings. The van der Waals surface area contributed by atoms with E-state index in [1.54, 1.807) is 0 Å². The fourth-order valence-corrected chi connectivity index (χ4v) is 2.94. The van der Waals surface area contributed by atoms with Gasteiger partial charge in [0.2, 0.25) is 0 Å². The summed E-state index contributed by atoms with van der Waals surface area (Å²) in [4.78, 5) is 2.63. The zero-order valence-corrected chi connectivity index (χ0v) is 11.5. The van der Waals surface area contributed by atoms with Crippen molar-refractivity contribution in [3.63, 3.8) is 0 Å². The molecule has 0 aromatic carbocycles. The molecule has 0 amide bonds. The molecule has 1 N–H and O–H groups in total. The van der Waals surface area contributed by atoms with Gasteiger partial charge in [-0.05, 0) is 58.5 Å². The lowest BCUT2D eigenvalue weighted by atomic mass is 9.97. The molecule has 17 heavy (non-hydrogen) atoms. The summed E-state index contributed by atoms with van der Waals surface area (Å²) >= 11 is 0. The van der Waals surface area contributed by atoms with Crippen molar-refractivity contribution in [2.24, 2.45) is 5.92 Å². The van der Waals surface area contributed by atoms with E-state index in [1.165, 1.54) is 45.3 Å². The van der Waals surface area contributed by atoms with Crippen LogP contribution < -0.4 is 5.32 Å². The van der Waals surface area contributed by atoms with Crippen LogP contribution in [0.25, 0.3) is 0 Å². The third-order valence-electron chi connectivity index (χ3n) is 4.14. The number of piperidine rings is 1. The average Bonchev–Trinajstić information content (AvgIpc) is 2.82. The summed E-state index contributed by atoms with van der Waals surface area (Å²) < 4.78 is 5.77. The van der Waals surface area contributed by atoms with E-state index in [2.05, 4.69) is 24.1 Å². The number of hydrogen-bond donors (Lipinski definition) is 1. The molecule has 2 saturated heterocycles. The molecule has 2 heterocycles. The Morgan fingerprint density at radius 1 is 1.18 bits per heavy atom. The van der Waals surface area contributed by atoms with Crippen molar-refractivity contribution in [3.8, 4) is 0 Å². The van der Waals surface area contributed by atoms with Gasteiger partial charge in [-0.1, -0.05) is 0 Å². The molecule has 2 fully saturated rings. The summed E-state index contributed by atoms with van der Waals surface area (Å²) in [6, 6.07) is 0.647. The number of nitrogens with one attached hydrogen (secondary N) is 1. The molecule has 1 unspecified atom stereocenters. The van der Waals surface area contributed by atoms with Gasteiger partial charge in [0.1, 0.15) is 0 Å². The third kappa shape index (κ3) is 4.23. The Labute approximate surface area is 106 Å². The molecule has 0 saturated carbocycles. The van der Waals surface area contributed by atoms with Gasteiger partial charge < -0.3 is 10.1 Å². The Hall–Kier alpha value is -0.120. The molecule has 0 radical (unpaired) electrons. The molecule has 0 aromatic rings. The number of hydrogen-bond acceptors (Lipinski definition) is 3. The van der Waals surface area contributed by atoms with Crippen molar-refractivity contribution in [1.82, 2.24) is 10.2 Å². The molecule has 0 aromatic heterocycles. The van der Waals surface area contributed by atoms with E-state index in [1.807, 2.05) is 0 Å². The topological polar surface area (TPSA) is 24.5 Å². The lowest BCUT2D eigenvalue weighted by molar-refractivity contribution is 0.0531. The molecular formula is C14H28N2O. The van der Waals surface area contributed by atoms with Crippen LogP contribution in [-0.2, 0) is 4.74 Å². The van der Waals surface area contributed by atoms with E-state index in [0.717, 1.165) is 19.1 Å². The molecule has 3 heteroatoms. The molecular weight excluding hydrogens is 212 g/mol. The van der Waals surface area contributed by atoms with Crippen molar-refractivity contribution >= 4 is 0 Å². The second-order valence-corrected chi connectivity index (χ2v) is 5.88. The molecule has 100 valence electrons. The number of ether oxygens (including phenoxy) is 1. The predicted octanol–water partition coefficient (Wildman–Crippen LogP) is 1.88. The number of rotatable bonds is 5. The van der Waals surface area contributed by atoms with E-state index in [9.17, 15) is 0 Å². The normalized spacial score (nSPS) is 27.2. The maximum Gasteiger partial charge on any atom is 0.0702 e. The van der Waals surface area contributed by atoms with Crippen LogP contribution >= 0.6 is 0 Å². The standard InChI is InChI=1S/C14H28N2O/c1-12(2)16(11-14-4-3-9-17-14)10-13-5-7-15-8-6-13/h12-15H,3-11H2,1-2H3. The fraction of sp³-hybridized carbons (Fsp3) is 1.00. The SMILES string of the molecule is CC(C)N(CC1CCNCC1)CC1CCCO1. The maximum absolute atomic E-state index is 5.77. The highest BCUT2D eigenvalue weighted by atomic mass is 16.5. The summed E-state index contributed by atoms with van der Waals surface area (Å²) in [5, 5.41) is 3.45. The summed E-state index contributed by atoms with van der Waals surface area (Å²) in [5.74, 6) is 0.889. The minimum atomic E-state index is 0.499. The predicted molar refractivity (Wildman–Crippen MR) is 71.3 cm³/mol. The summed E-state index contributed by atoms with van der Waals surface area (Å²) in [5.41, 5.74) is 0. The van der Waals surface area contributed by atoms with Crippen molar-refractivity contribution in [2.75, 3.05) is 32.8 Å². The van der Waals surface area contributed by atoms with Gasteiger partial charge in [-0.15, -0.1) is 0 Å². The van der Waals surface area contributed by atoms with E-state index in [0.29, 0.717) is 12.1 Å². The third-order valence-corrected chi connectivity index (χ3v) is 4.14. The lowest BCUT2D eigenvalue weighted by Gasteiger charge is -2.34. The quantitative estimate of drug-likeness (QED) is 0.794. The highest BCUT2D eigenvalue weighted by Crippen LogP contribution is 2.19. The first-order valence-corrected chi connectivity index (χ1v) is 7.32.